The molecule has 0 aromatic rings. The number of ether oxygens (including phenoxy) is 2. The van der Waals surface area contributed by atoms with Crippen LogP contribution in [0.3, 0.4) is 0 Å². The van der Waals surface area contributed by atoms with Crippen LogP contribution >= 0.6 is 0 Å². The van der Waals surface area contributed by atoms with Crippen molar-refractivity contribution in [3.05, 3.63) is 0 Å². The molecule has 0 amide bonds. The number of methoxy groups -OCH3 is 1. The highest BCUT2D eigenvalue weighted by Crippen LogP contribution is 2.37. The molecular formula is C13H22O3. The molecule has 2 aliphatic rings. The first kappa shape index (κ1) is 12.1. The van der Waals surface area contributed by atoms with Crippen LogP contribution in [-0.4, -0.2) is 31.2 Å². The highest BCUT2D eigenvalue weighted by Gasteiger charge is 2.42. The topological polar surface area (TPSA) is 35.5 Å². The second kappa shape index (κ2) is 4.46. The summed E-state index contributed by atoms with van der Waals surface area (Å²) in [6.07, 6.45) is 5.27. The van der Waals surface area contributed by atoms with Crippen molar-refractivity contribution in [2.75, 3.05) is 7.11 Å². The lowest BCUT2D eigenvalue weighted by Gasteiger charge is -2.40. The molecular weight excluding hydrogens is 204 g/mol. The van der Waals surface area contributed by atoms with Gasteiger partial charge in [-0.25, -0.2) is 0 Å². The van der Waals surface area contributed by atoms with Crippen LogP contribution in [0.1, 0.15) is 46.0 Å². The zero-order valence-electron chi connectivity index (χ0n) is 10.5. The van der Waals surface area contributed by atoms with Gasteiger partial charge >= 0.3 is 0 Å². The molecule has 2 saturated carbocycles. The van der Waals surface area contributed by atoms with E-state index in [2.05, 4.69) is 13.8 Å². The Balaban J connectivity index is 1.77. The summed E-state index contributed by atoms with van der Waals surface area (Å²) in [7, 11) is 1.59. The van der Waals surface area contributed by atoms with E-state index in [0.717, 1.165) is 12.8 Å². The van der Waals surface area contributed by atoms with E-state index in [4.69, 9.17) is 9.47 Å². The molecule has 92 valence electrons. The van der Waals surface area contributed by atoms with Crippen molar-refractivity contribution in [3.8, 4) is 0 Å². The van der Waals surface area contributed by atoms with E-state index in [0.29, 0.717) is 17.9 Å². The van der Waals surface area contributed by atoms with Crippen LogP contribution in [0.25, 0.3) is 0 Å². The second-order valence-corrected chi connectivity index (χ2v) is 5.86. The number of carbonyl (C=O) groups is 1. The van der Waals surface area contributed by atoms with Gasteiger partial charge in [0.2, 0.25) is 0 Å². The van der Waals surface area contributed by atoms with Crippen molar-refractivity contribution < 1.29 is 14.3 Å². The normalized spacial score (nSPS) is 34.8. The van der Waals surface area contributed by atoms with Gasteiger partial charge in [-0.3, -0.25) is 4.79 Å². The largest absolute Gasteiger partial charge is 0.371 e. The lowest BCUT2D eigenvalue weighted by molar-refractivity contribution is -0.172. The average Bonchev–Trinajstić information content (AvgIpc) is 2.20. The summed E-state index contributed by atoms with van der Waals surface area (Å²) in [4.78, 5) is 11.2. The number of Topliss-reactive ketones (excluding diaryl/α,β-unsaturated/α-hetero) is 1. The van der Waals surface area contributed by atoms with Crippen molar-refractivity contribution in [3.63, 3.8) is 0 Å². The van der Waals surface area contributed by atoms with Crippen LogP contribution in [0.5, 0.6) is 0 Å². The summed E-state index contributed by atoms with van der Waals surface area (Å²) >= 11 is 0. The number of carbonyl (C=O) groups excluding carboxylic acids is 1. The van der Waals surface area contributed by atoms with Gasteiger partial charge in [0, 0.05) is 13.5 Å². The van der Waals surface area contributed by atoms with Crippen LogP contribution in [0.15, 0.2) is 0 Å². The fourth-order valence-corrected chi connectivity index (χ4v) is 2.63. The molecule has 0 aromatic heterocycles. The lowest BCUT2D eigenvalue weighted by Crippen LogP contribution is -2.51. The average molecular weight is 226 g/mol. The standard InChI is InChI=1S/C13H22O3/c1-13(2)6-4-9(5-7-13)16-11-8-10(14)12(11)15-3/h9,11-12H,4-8H2,1-3H3. The molecule has 0 N–H and O–H groups in total. The van der Waals surface area contributed by atoms with Gasteiger partial charge in [-0.1, -0.05) is 13.8 Å². The summed E-state index contributed by atoms with van der Waals surface area (Å²) in [5.41, 5.74) is 0.468. The molecule has 0 saturated heterocycles. The van der Waals surface area contributed by atoms with Crippen molar-refractivity contribution in [2.45, 2.75) is 64.3 Å². The third-order valence-electron chi connectivity index (χ3n) is 3.96. The van der Waals surface area contributed by atoms with Crippen molar-refractivity contribution in [1.82, 2.24) is 0 Å². The number of hydrogen-bond donors (Lipinski definition) is 0. The molecule has 2 rings (SSSR count). The summed E-state index contributed by atoms with van der Waals surface area (Å²) < 4.78 is 11.1. The van der Waals surface area contributed by atoms with Gasteiger partial charge in [0.15, 0.2) is 5.78 Å². The van der Waals surface area contributed by atoms with Crippen LogP contribution < -0.4 is 0 Å². The van der Waals surface area contributed by atoms with Crippen molar-refractivity contribution in [1.29, 1.82) is 0 Å². The van der Waals surface area contributed by atoms with E-state index in [1.807, 2.05) is 0 Å². The SMILES string of the molecule is COC1C(=O)CC1OC1CCC(C)(C)CC1. The summed E-state index contributed by atoms with van der Waals surface area (Å²) in [6.45, 7) is 4.63. The first-order chi connectivity index (χ1) is 7.52. The maximum atomic E-state index is 11.2. The monoisotopic (exact) mass is 226 g/mol. The molecule has 3 nitrogen and oxygen atoms in total. The highest BCUT2D eigenvalue weighted by atomic mass is 16.5. The van der Waals surface area contributed by atoms with Gasteiger partial charge in [0.05, 0.1) is 12.2 Å². The Labute approximate surface area is 97.5 Å². The molecule has 16 heavy (non-hydrogen) atoms. The van der Waals surface area contributed by atoms with Crippen LogP contribution in [0.4, 0.5) is 0 Å². The van der Waals surface area contributed by atoms with Crippen molar-refractivity contribution in [2.24, 2.45) is 5.41 Å². The first-order valence-electron chi connectivity index (χ1n) is 6.23. The number of ketones is 1. The zero-order chi connectivity index (χ0) is 11.8. The van der Waals surface area contributed by atoms with E-state index < -0.39 is 0 Å². The Morgan fingerprint density at radius 1 is 1.25 bits per heavy atom. The molecule has 0 aliphatic heterocycles. The maximum absolute atomic E-state index is 11.2. The van der Waals surface area contributed by atoms with Crippen LogP contribution in [0.2, 0.25) is 0 Å². The third kappa shape index (κ3) is 2.46. The molecule has 0 heterocycles. The maximum Gasteiger partial charge on any atom is 0.166 e. The molecule has 2 aliphatic carbocycles. The fraction of sp³-hybridized carbons (Fsp3) is 0.923. The molecule has 2 fully saturated rings. The van der Waals surface area contributed by atoms with Gasteiger partial charge < -0.3 is 9.47 Å². The molecule has 0 bridgehead atoms. The molecule has 2 unspecified atom stereocenters. The van der Waals surface area contributed by atoms with E-state index in [-0.39, 0.29) is 18.0 Å². The fourth-order valence-electron chi connectivity index (χ4n) is 2.63. The predicted octanol–water partition coefficient (Wildman–Crippen LogP) is 2.33. The Morgan fingerprint density at radius 3 is 2.38 bits per heavy atom. The molecule has 0 spiro atoms. The smallest absolute Gasteiger partial charge is 0.166 e. The van der Waals surface area contributed by atoms with Crippen molar-refractivity contribution >= 4 is 5.78 Å². The summed E-state index contributed by atoms with van der Waals surface area (Å²) in [5.74, 6) is 0.184. The Bertz CT molecular complexity index is 262. The molecule has 0 radical (unpaired) electrons. The van der Waals surface area contributed by atoms with E-state index >= 15 is 0 Å². The second-order valence-electron chi connectivity index (χ2n) is 5.86. The van der Waals surface area contributed by atoms with Gasteiger partial charge in [-0.2, -0.15) is 0 Å². The highest BCUT2D eigenvalue weighted by molar-refractivity contribution is 5.90. The van der Waals surface area contributed by atoms with E-state index in [9.17, 15) is 4.79 Å². The van der Waals surface area contributed by atoms with Gasteiger partial charge in [0.25, 0.3) is 0 Å². The molecule has 0 aromatic carbocycles. The first-order valence-corrected chi connectivity index (χ1v) is 6.23. The molecule has 2 atom stereocenters. The zero-order valence-corrected chi connectivity index (χ0v) is 10.5. The predicted molar refractivity (Wildman–Crippen MR) is 61.3 cm³/mol. The van der Waals surface area contributed by atoms with E-state index in [1.165, 1.54) is 12.8 Å². The third-order valence-corrected chi connectivity index (χ3v) is 3.96. The van der Waals surface area contributed by atoms with Crippen LogP contribution in [-0.2, 0) is 14.3 Å². The molecule has 3 heteroatoms. The minimum Gasteiger partial charge on any atom is -0.371 e. The summed E-state index contributed by atoms with van der Waals surface area (Å²) in [5, 5.41) is 0. The van der Waals surface area contributed by atoms with Gasteiger partial charge in [-0.05, 0) is 31.1 Å². The number of rotatable bonds is 3. The van der Waals surface area contributed by atoms with Gasteiger partial charge in [-0.15, -0.1) is 0 Å². The Hall–Kier alpha value is -0.410. The minimum absolute atomic E-state index is 0.0173. The van der Waals surface area contributed by atoms with Gasteiger partial charge in [0.1, 0.15) is 6.10 Å². The van der Waals surface area contributed by atoms with E-state index in [1.54, 1.807) is 7.11 Å². The minimum atomic E-state index is -0.296. The Kier molecular flexibility index (Phi) is 3.36. The number of hydrogen-bond acceptors (Lipinski definition) is 3. The Morgan fingerprint density at radius 2 is 1.88 bits per heavy atom. The quantitative estimate of drug-likeness (QED) is 0.741. The lowest BCUT2D eigenvalue weighted by atomic mass is 9.76. The summed E-state index contributed by atoms with van der Waals surface area (Å²) in [6, 6.07) is 0. The van der Waals surface area contributed by atoms with Crippen LogP contribution in [0, 0.1) is 5.41 Å².